The molecule has 1 heterocycles. The third kappa shape index (κ3) is 3.47. The fourth-order valence-electron chi connectivity index (χ4n) is 1.47. The maximum atomic E-state index is 10.6. The topological polar surface area (TPSA) is 114 Å². The summed E-state index contributed by atoms with van der Waals surface area (Å²) in [7, 11) is 0. The van der Waals surface area contributed by atoms with Crippen LogP contribution in [0.25, 0.3) is 0 Å². The lowest BCUT2D eigenvalue weighted by atomic mass is 10.2. The van der Waals surface area contributed by atoms with E-state index >= 15 is 0 Å². The zero-order chi connectivity index (χ0) is 13.7. The van der Waals surface area contributed by atoms with Crippen molar-refractivity contribution >= 4 is 29.1 Å². The Morgan fingerprint density at radius 3 is 2.78 bits per heavy atom. The first-order chi connectivity index (χ1) is 8.49. The minimum absolute atomic E-state index is 0.0169. The summed E-state index contributed by atoms with van der Waals surface area (Å²) in [6.45, 7) is 1.94. The van der Waals surface area contributed by atoms with Gasteiger partial charge in [-0.1, -0.05) is 0 Å². The normalized spacial score (nSPS) is 13.9. The van der Waals surface area contributed by atoms with Gasteiger partial charge in [0.05, 0.1) is 11.5 Å². The molecule has 18 heavy (non-hydrogen) atoms. The SMILES string of the molecule is CSC(CO)C(C)Nc1ccc([N+](=O)[O-])c(N)n1. The average Bonchev–Trinajstić information content (AvgIpc) is 2.30. The van der Waals surface area contributed by atoms with Gasteiger partial charge in [-0.05, 0) is 19.2 Å². The summed E-state index contributed by atoms with van der Waals surface area (Å²) in [5.41, 5.74) is 5.28. The number of nitro groups is 1. The number of aliphatic hydroxyl groups excluding tert-OH is 1. The van der Waals surface area contributed by atoms with Crippen LogP contribution in [0, 0.1) is 10.1 Å². The molecule has 0 amide bonds. The predicted molar refractivity (Wildman–Crippen MR) is 72.8 cm³/mol. The van der Waals surface area contributed by atoms with Crippen LogP contribution >= 0.6 is 11.8 Å². The number of anilines is 2. The summed E-state index contributed by atoms with van der Waals surface area (Å²) < 4.78 is 0. The van der Waals surface area contributed by atoms with E-state index in [1.807, 2.05) is 13.2 Å². The second kappa shape index (κ2) is 6.41. The lowest BCUT2D eigenvalue weighted by Crippen LogP contribution is -2.31. The van der Waals surface area contributed by atoms with E-state index in [2.05, 4.69) is 10.3 Å². The lowest BCUT2D eigenvalue weighted by molar-refractivity contribution is -0.384. The van der Waals surface area contributed by atoms with Gasteiger partial charge < -0.3 is 16.2 Å². The summed E-state index contributed by atoms with van der Waals surface area (Å²) in [5.74, 6) is 0.333. The minimum Gasteiger partial charge on any atom is -0.395 e. The zero-order valence-electron chi connectivity index (χ0n) is 10.2. The van der Waals surface area contributed by atoms with Crippen LogP contribution in [-0.4, -0.2) is 39.2 Å². The first kappa shape index (κ1) is 14.5. The lowest BCUT2D eigenvalue weighted by Gasteiger charge is -2.21. The van der Waals surface area contributed by atoms with E-state index < -0.39 is 4.92 Å². The second-order valence-electron chi connectivity index (χ2n) is 3.75. The average molecular weight is 272 g/mol. The van der Waals surface area contributed by atoms with Crippen molar-refractivity contribution in [2.45, 2.75) is 18.2 Å². The number of thioether (sulfide) groups is 1. The predicted octanol–water partition coefficient (Wildman–Crippen LogP) is 1.10. The first-order valence-electron chi connectivity index (χ1n) is 5.30. The highest BCUT2D eigenvalue weighted by atomic mass is 32.2. The number of hydrogen-bond acceptors (Lipinski definition) is 7. The van der Waals surface area contributed by atoms with Gasteiger partial charge in [0.1, 0.15) is 5.82 Å². The number of aliphatic hydroxyl groups is 1. The number of pyridine rings is 1. The van der Waals surface area contributed by atoms with Crippen molar-refractivity contribution < 1.29 is 10.0 Å². The fraction of sp³-hybridized carbons (Fsp3) is 0.500. The summed E-state index contributed by atoms with van der Waals surface area (Å²) in [6, 6.07) is 2.78. The Bertz CT molecular complexity index is 426. The van der Waals surface area contributed by atoms with E-state index in [-0.39, 0.29) is 29.4 Å². The Morgan fingerprint density at radius 2 is 2.33 bits per heavy atom. The summed E-state index contributed by atoms with van der Waals surface area (Å²) in [5, 5.41) is 22.8. The molecule has 0 aliphatic carbocycles. The Kier molecular flexibility index (Phi) is 5.17. The zero-order valence-corrected chi connectivity index (χ0v) is 11.0. The number of hydrogen-bond donors (Lipinski definition) is 3. The van der Waals surface area contributed by atoms with Crippen LogP contribution < -0.4 is 11.1 Å². The number of nitrogens with one attached hydrogen (secondary N) is 1. The largest absolute Gasteiger partial charge is 0.395 e. The monoisotopic (exact) mass is 272 g/mol. The van der Waals surface area contributed by atoms with Crippen LogP contribution in [-0.2, 0) is 0 Å². The van der Waals surface area contributed by atoms with E-state index in [0.717, 1.165) is 0 Å². The van der Waals surface area contributed by atoms with Gasteiger partial charge in [0, 0.05) is 17.4 Å². The van der Waals surface area contributed by atoms with Crippen molar-refractivity contribution in [2.24, 2.45) is 0 Å². The van der Waals surface area contributed by atoms with Crippen molar-refractivity contribution in [3.05, 3.63) is 22.2 Å². The van der Waals surface area contributed by atoms with E-state index in [4.69, 9.17) is 10.8 Å². The van der Waals surface area contributed by atoms with Gasteiger partial charge in [0.25, 0.3) is 0 Å². The van der Waals surface area contributed by atoms with Crippen LogP contribution in [0.5, 0.6) is 0 Å². The molecule has 0 radical (unpaired) electrons. The molecule has 0 aromatic carbocycles. The first-order valence-corrected chi connectivity index (χ1v) is 6.59. The number of nitrogen functional groups attached to an aromatic ring is 1. The standard InChI is InChI=1S/C10H16N4O3S/c1-6(8(5-15)18-2)12-9-4-3-7(14(16)17)10(11)13-9/h3-4,6,8,15H,5H2,1-2H3,(H3,11,12,13). The Balaban J connectivity index is 2.80. The molecule has 2 unspecified atom stereocenters. The molecular weight excluding hydrogens is 256 g/mol. The van der Waals surface area contributed by atoms with Gasteiger partial charge in [-0.2, -0.15) is 11.8 Å². The molecule has 0 fully saturated rings. The smallest absolute Gasteiger partial charge is 0.311 e. The van der Waals surface area contributed by atoms with Gasteiger partial charge in [0.15, 0.2) is 0 Å². The Morgan fingerprint density at radius 1 is 1.67 bits per heavy atom. The van der Waals surface area contributed by atoms with Gasteiger partial charge in [-0.15, -0.1) is 0 Å². The maximum Gasteiger partial charge on any atom is 0.311 e. The highest BCUT2D eigenvalue weighted by Crippen LogP contribution is 2.22. The molecule has 1 rings (SSSR count). The molecule has 0 saturated heterocycles. The Hall–Kier alpha value is -1.54. The second-order valence-corrected chi connectivity index (χ2v) is 4.82. The highest BCUT2D eigenvalue weighted by molar-refractivity contribution is 7.99. The molecule has 0 bridgehead atoms. The third-order valence-electron chi connectivity index (χ3n) is 2.52. The molecule has 0 aliphatic heterocycles. The molecule has 2 atom stereocenters. The number of rotatable bonds is 6. The van der Waals surface area contributed by atoms with Crippen molar-refractivity contribution in [3.8, 4) is 0 Å². The number of aromatic nitrogens is 1. The maximum absolute atomic E-state index is 10.6. The number of nitrogens with two attached hydrogens (primary N) is 1. The molecular formula is C10H16N4O3S. The molecule has 0 saturated carbocycles. The number of nitrogens with zero attached hydrogens (tertiary/aromatic N) is 2. The van der Waals surface area contributed by atoms with E-state index in [1.165, 1.54) is 23.9 Å². The van der Waals surface area contributed by atoms with Crippen LogP contribution in [0.1, 0.15) is 6.92 Å². The molecule has 0 spiro atoms. The van der Waals surface area contributed by atoms with Gasteiger partial charge in [-0.25, -0.2) is 4.98 Å². The molecule has 8 heteroatoms. The quantitative estimate of drug-likeness (QED) is 0.524. The Labute approximate surface area is 109 Å². The van der Waals surface area contributed by atoms with E-state index in [1.54, 1.807) is 0 Å². The minimum atomic E-state index is -0.575. The van der Waals surface area contributed by atoms with Crippen LogP contribution in [0.4, 0.5) is 17.3 Å². The molecule has 1 aromatic heterocycles. The summed E-state index contributed by atoms with van der Waals surface area (Å²) >= 11 is 1.53. The van der Waals surface area contributed by atoms with Crippen molar-refractivity contribution in [2.75, 3.05) is 23.9 Å². The van der Waals surface area contributed by atoms with E-state index in [0.29, 0.717) is 5.82 Å². The van der Waals surface area contributed by atoms with Gasteiger partial charge >= 0.3 is 5.69 Å². The van der Waals surface area contributed by atoms with Gasteiger partial charge in [-0.3, -0.25) is 10.1 Å². The summed E-state index contributed by atoms with van der Waals surface area (Å²) in [4.78, 5) is 13.9. The van der Waals surface area contributed by atoms with Crippen molar-refractivity contribution in [3.63, 3.8) is 0 Å². The molecule has 4 N–H and O–H groups in total. The molecule has 0 aliphatic rings. The van der Waals surface area contributed by atoms with Crippen LogP contribution in [0.15, 0.2) is 12.1 Å². The third-order valence-corrected chi connectivity index (χ3v) is 3.68. The van der Waals surface area contributed by atoms with Crippen molar-refractivity contribution in [1.82, 2.24) is 4.98 Å². The van der Waals surface area contributed by atoms with Crippen molar-refractivity contribution in [1.29, 1.82) is 0 Å². The molecule has 7 nitrogen and oxygen atoms in total. The van der Waals surface area contributed by atoms with Gasteiger partial charge in [0.2, 0.25) is 5.82 Å². The molecule has 1 aromatic rings. The van der Waals surface area contributed by atoms with E-state index in [9.17, 15) is 10.1 Å². The summed E-state index contributed by atoms with van der Waals surface area (Å²) in [6.07, 6.45) is 1.90. The van der Waals surface area contributed by atoms with Crippen LogP contribution in [0.3, 0.4) is 0 Å². The molecule has 100 valence electrons. The highest BCUT2D eigenvalue weighted by Gasteiger charge is 2.17. The van der Waals surface area contributed by atoms with Crippen LogP contribution in [0.2, 0.25) is 0 Å². The fourth-order valence-corrected chi connectivity index (χ4v) is 2.09.